The summed E-state index contributed by atoms with van der Waals surface area (Å²) in [5, 5.41) is 3.12. The summed E-state index contributed by atoms with van der Waals surface area (Å²) >= 11 is 3.23. The van der Waals surface area contributed by atoms with Crippen molar-refractivity contribution in [3.8, 4) is 12.3 Å². The quantitative estimate of drug-likeness (QED) is 0.636. The molecule has 0 aliphatic carbocycles. The van der Waals surface area contributed by atoms with Crippen LogP contribution in [0.25, 0.3) is 0 Å². The standard InChI is InChI=1S/C9H11BrN4/c1-3-4-6(2)12-8-5-7(10)13-9(11)14-8/h1,5-6H,4H2,2H3,(H3,11,12,13,14). The average Bonchev–Trinajstić information content (AvgIpc) is 2.01. The zero-order chi connectivity index (χ0) is 10.6. The van der Waals surface area contributed by atoms with Crippen LogP contribution in [0.4, 0.5) is 11.8 Å². The lowest BCUT2D eigenvalue weighted by Gasteiger charge is -2.11. The summed E-state index contributed by atoms with van der Waals surface area (Å²) in [7, 11) is 0. The van der Waals surface area contributed by atoms with Crippen LogP contribution in [0.3, 0.4) is 0 Å². The Labute approximate surface area is 91.5 Å². The first-order chi connectivity index (χ1) is 6.61. The van der Waals surface area contributed by atoms with Gasteiger partial charge in [0.05, 0.1) is 0 Å². The zero-order valence-electron chi connectivity index (χ0n) is 7.79. The van der Waals surface area contributed by atoms with Crippen molar-refractivity contribution >= 4 is 27.7 Å². The number of anilines is 2. The van der Waals surface area contributed by atoms with E-state index in [1.54, 1.807) is 6.07 Å². The SMILES string of the molecule is C#CCC(C)Nc1cc(Br)nc(N)n1. The van der Waals surface area contributed by atoms with Crippen molar-refractivity contribution in [3.05, 3.63) is 10.7 Å². The predicted octanol–water partition coefficient (Wildman–Crippen LogP) is 1.64. The van der Waals surface area contributed by atoms with Crippen molar-refractivity contribution in [2.24, 2.45) is 0 Å². The number of rotatable bonds is 3. The van der Waals surface area contributed by atoms with Gasteiger partial charge >= 0.3 is 0 Å². The molecular weight excluding hydrogens is 244 g/mol. The largest absolute Gasteiger partial charge is 0.368 e. The highest BCUT2D eigenvalue weighted by Crippen LogP contribution is 2.14. The van der Waals surface area contributed by atoms with Gasteiger partial charge in [0, 0.05) is 18.5 Å². The van der Waals surface area contributed by atoms with Gasteiger partial charge in [0.25, 0.3) is 0 Å². The molecule has 0 aliphatic heterocycles. The molecule has 0 saturated carbocycles. The van der Waals surface area contributed by atoms with E-state index in [0.29, 0.717) is 16.8 Å². The summed E-state index contributed by atoms with van der Waals surface area (Å²) in [6.07, 6.45) is 5.83. The first-order valence-corrected chi connectivity index (χ1v) is 4.91. The molecule has 0 fully saturated rings. The molecule has 4 nitrogen and oxygen atoms in total. The molecule has 0 aromatic carbocycles. The lowest BCUT2D eigenvalue weighted by molar-refractivity contribution is 0.820. The van der Waals surface area contributed by atoms with Crippen molar-refractivity contribution in [1.29, 1.82) is 0 Å². The van der Waals surface area contributed by atoms with E-state index in [1.165, 1.54) is 0 Å². The fourth-order valence-electron chi connectivity index (χ4n) is 0.989. The minimum Gasteiger partial charge on any atom is -0.368 e. The Kier molecular flexibility index (Phi) is 3.72. The van der Waals surface area contributed by atoms with E-state index in [1.807, 2.05) is 6.92 Å². The lowest BCUT2D eigenvalue weighted by Crippen LogP contribution is -2.15. The molecule has 14 heavy (non-hydrogen) atoms. The Hall–Kier alpha value is -1.28. The first-order valence-electron chi connectivity index (χ1n) is 4.12. The molecule has 1 aromatic heterocycles. The van der Waals surface area contributed by atoms with Crippen LogP contribution in [0, 0.1) is 12.3 Å². The number of nitrogens with one attached hydrogen (secondary N) is 1. The Morgan fingerprint density at radius 2 is 2.43 bits per heavy atom. The second kappa shape index (κ2) is 4.82. The summed E-state index contributed by atoms with van der Waals surface area (Å²) in [5.41, 5.74) is 5.48. The van der Waals surface area contributed by atoms with Crippen LogP contribution in [-0.4, -0.2) is 16.0 Å². The predicted molar refractivity (Wildman–Crippen MR) is 60.7 cm³/mol. The Bertz CT molecular complexity index is 338. The monoisotopic (exact) mass is 254 g/mol. The van der Waals surface area contributed by atoms with Crippen molar-refractivity contribution < 1.29 is 0 Å². The molecule has 5 heteroatoms. The molecule has 74 valence electrons. The molecule has 3 N–H and O–H groups in total. The second-order valence-corrected chi connectivity index (χ2v) is 3.70. The lowest BCUT2D eigenvalue weighted by atomic mass is 10.2. The molecule has 1 aromatic rings. The van der Waals surface area contributed by atoms with Gasteiger partial charge in [-0.3, -0.25) is 0 Å². The van der Waals surface area contributed by atoms with E-state index in [2.05, 4.69) is 37.1 Å². The zero-order valence-corrected chi connectivity index (χ0v) is 9.37. The molecule has 0 amide bonds. The summed E-state index contributed by atoms with van der Waals surface area (Å²) in [6, 6.07) is 1.92. The Balaban J connectivity index is 2.72. The number of nitrogens with two attached hydrogens (primary N) is 1. The third-order valence-corrected chi connectivity index (χ3v) is 1.94. The maximum atomic E-state index is 5.48. The Morgan fingerprint density at radius 1 is 1.71 bits per heavy atom. The van der Waals surface area contributed by atoms with Gasteiger partial charge in [0.1, 0.15) is 10.4 Å². The van der Waals surface area contributed by atoms with E-state index in [0.717, 1.165) is 0 Å². The van der Waals surface area contributed by atoms with Gasteiger partial charge in [-0.15, -0.1) is 12.3 Å². The summed E-state index contributed by atoms with van der Waals surface area (Å²) in [5.74, 6) is 3.47. The fourth-order valence-corrected chi connectivity index (χ4v) is 1.39. The van der Waals surface area contributed by atoms with Crippen LogP contribution in [-0.2, 0) is 0 Å². The molecule has 1 atom stereocenters. The van der Waals surface area contributed by atoms with Crippen molar-refractivity contribution in [3.63, 3.8) is 0 Å². The molecule has 1 unspecified atom stereocenters. The molecule has 0 saturated heterocycles. The van der Waals surface area contributed by atoms with Crippen LogP contribution in [0.5, 0.6) is 0 Å². The smallest absolute Gasteiger partial charge is 0.223 e. The topological polar surface area (TPSA) is 63.8 Å². The number of aromatic nitrogens is 2. The van der Waals surface area contributed by atoms with E-state index in [4.69, 9.17) is 12.2 Å². The fraction of sp³-hybridized carbons (Fsp3) is 0.333. The maximum Gasteiger partial charge on any atom is 0.223 e. The highest BCUT2D eigenvalue weighted by atomic mass is 79.9. The molecular formula is C9H11BrN4. The average molecular weight is 255 g/mol. The van der Waals surface area contributed by atoms with Crippen LogP contribution in [0.15, 0.2) is 10.7 Å². The maximum absolute atomic E-state index is 5.48. The number of hydrogen-bond donors (Lipinski definition) is 2. The molecule has 1 rings (SSSR count). The van der Waals surface area contributed by atoms with Gasteiger partial charge in [0.15, 0.2) is 0 Å². The van der Waals surface area contributed by atoms with E-state index in [9.17, 15) is 0 Å². The summed E-state index contributed by atoms with van der Waals surface area (Å²) < 4.78 is 0.653. The summed E-state index contributed by atoms with van der Waals surface area (Å²) in [4.78, 5) is 7.90. The summed E-state index contributed by atoms with van der Waals surface area (Å²) in [6.45, 7) is 1.98. The molecule has 0 aliphatic rings. The third-order valence-electron chi connectivity index (χ3n) is 1.53. The van der Waals surface area contributed by atoms with Crippen LogP contribution in [0.1, 0.15) is 13.3 Å². The van der Waals surface area contributed by atoms with Crippen LogP contribution >= 0.6 is 15.9 Å². The van der Waals surface area contributed by atoms with Gasteiger partial charge in [-0.25, -0.2) is 4.98 Å². The number of terminal acetylenes is 1. The molecule has 0 bridgehead atoms. The van der Waals surface area contributed by atoms with Crippen molar-refractivity contribution in [2.45, 2.75) is 19.4 Å². The highest BCUT2D eigenvalue weighted by Gasteiger charge is 2.03. The van der Waals surface area contributed by atoms with E-state index < -0.39 is 0 Å². The highest BCUT2D eigenvalue weighted by molar-refractivity contribution is 9.10. The number of nitrogen functional groups attached to an aromatic ring is 1. The normalized spacial score (nSPS) is 11.8. The molecule has 0 spiro atoms. The minimum absolute atomic E-state index is 0.168. The van der Waals surface area contributed by atoms with Crippen LogP contribution < -0.4 is 11.1 Å². The van der Waals surface area contributed by atoms with E-state index >= 15 is 0 Å². The molecule has 1 heterocycles. The second-order valence-electron chi connectivity index (χ2n) is 2.89. The van der Waals surface area contributed by atoms with Crippen LogP contribution in [0.2, 0.25) is 0 Å². The minimum atomic E-state index is 0.168. The Morgan fingerprint density at radius 3 is 3.00 bits per heavy atom. The van der Waals surface area contributed by atoms with Crippen molar-refractivity contribution in [1.82, 2.24) is 9.97 Å². The van der Waals surface area contributed by atoms with Gasteiger partial charge in [0.2, 0.25) is 5.95 Å². The van der Waals surface area contributed by atoms with E-state index in [-0.39, 0.29) is 12.0 Å². The number of hydrogen-bond acceptors (Lipinski definition) is 4. The molecule has 0 radical (unpaired) electrons. The van der Waals surface area contributed by atoms with Gasteiger partial charge in [-0.1, -0.05) is 0 Å². The third kappa shape index (κ3) is 3.23. The van der Waals surface area contributed by atoms with Gasteiger partial charge in [-0.05, 0) is 22.9 Å². The number of halogens is 1. The first kappa shape index (κ1) is 10.8. The number of nitrogens with zero attached hydrogens (tertiary/aromatic N) is 2. The van der Waals surface area contributed by atoms with Gasteiger partial charge < -0.3 is 11.1 Å². The van der Waals surface area contributed by atoms with Crippen molar-refractivity contribution in [2.75, 3.05) is 11.1 Å². The van der Waals surface area contributed by atoms with Gasteiger partial charge in [-0.2, -0.15) is 4.98 Å².